The summed E-state index contributed by atoms with van der Waals surface area (Å²) in [4.78, 5) is 14.1. The first-order chi connectivity index (χ1) is 9.91. The van der Waals surface area contributed by atoms with Crippen LogP contribution in [0.15, 0.2) is 40.0 Å². The highest BCUT2D eigenvalue weighted by Crippen LogP contribution is 2.34. The Kier molecular flexibility index (Phi) is 4.64. The minimum absolute atomic E-state index is 0.140. The van der Waals surface area contributed by atoms with Crippen LogP contribution in [-0.2, 0) is 7.05 Å². The Balaban J connectivity index is 2.58. The van der Waals surface area contributed by atoms with Crippen molar-refractivity contribution < 1.29 is 5.11 Å². The van der Waals surface area contributed by atoms with Crippen LogP contribution in [0.25, 0.3) is 11.3 Å². The molecule has 7 heteroatoms. The number of aryl methyl sites for hydroxylation is 1. The summed E-state index contributed by atoms with van der Waals surface area (Å²) in [5, 5.41) is 14.5. The van der Waals surface area contributed by atoms with Gasteiger partial charge >= 0.3 is 0 Å². The molecule has 0 aliphatic carbocycles. The van der Waals surface area contributed by atoms with Gasteiger partial charge in [-0.05, 0) is 0 Å². The van der Waals surface area contributed by atoms with Crippen LogP contribution in [0.3, 0.4) is 0 Å². The number of hydrogen-bond acceptors (Lipinski definition) is 5. The van der Waals surface area contributed by atoms with E-state index in [4.69, 9.17) is 12.2 Å². The average Bonchev–Trinajstić information content (AvgIpc) is 2.47. The van der Waals surface area contributed by atoms with Crippen molar-refractivity contribution in [3.8, 4) is 17.0 Å². The van der Waals surface area contributed by atoms with Crippen molar-refractivity contribution in [3.63, 3.8) is 0 Å². The Morgan fingerprint density at radius 2 is 1.95 bits per heavy atom. The zero-order valence-corrected chi connectivity index (χ0v) is 13.5. The van der Waals surface area contributed by atoms with Gasteiger partial charge in [-0.3, -0.25) is 4.79 Å². The molecule has 2 aromatic rings. The molecule has 1 aromatic carbocycles. The minimum atomic E-state index is -0.374. The molecule has 1 N–H and O–H groups in total. The summed E-state index contributed by atoms with van der Waals surface area (Å²) >= 11 is 6.25. The fourth-order valence-corrected chi connectivity index (χ4v) is 2.68. The number of benzene rings is 1. The summed E-state index contributed by atoms with van der Waals surface area (Å²) in [6, 6.07) is 9.22. The Labute approximate surface area is 132 Å². The molecule has 21 heavy (non-hydrogen) atoms. The summed E-state index contributed by atoms with van der Waals surface area (Å²) < 4.78 is 1.70. The van der Waals surface area contributed by atoms with Gasteiger partial charge in [-0.1, -0.05) is 54.3 Å². The zero-order valence-electron chi connectivity index (χ0n) is 11.9. The molecule has 1 heterocycles. The Bertz CT molecular complexity index is 727. The molecule has 110 valence electrons. The van der Waals surface area contributed by atoms with E-state index in [2.05, 4.69) is 5.10 Å². The van der Waals surface area contributed by atoms with Crippen molar-refractivity contribution in [3.05, 3.63) is 40.7 Å². The lowest BCUT2D eigenvalue weighted by atomic mass is 10.1. The number of thiocarbonyl (C=S) groups is 1. The fourth-order valence-electron chi connectivity index (χ4n) is 1.66. The molecule has 1 aromatic heterocycles. The molecule has 0 amide bonds. The first kappa shape index (κ1) is 15.5. The fraction of sp³-hybridized carbons (Fsp3) is 0.214. The van der Waals surface area contributed by atoms with Gasteiger partial charge in [0.25, 0.3) is 5.56 Å². The van der Waals surface area contributed by atoms with Crippen LogP contribution in [0, 0.1) is 0 Å². The molecular weight excluding hydrogens is 306 g/mol. The molecular formula is C14H15N3O2S2. The molecule has 0 aliphatic rings. The van der Waals surface area contributed by atoms with E-state index in [-0.39, 0.29) is 16.2 Å². The molecule has 0 bridgehead atoms. The molecule has 0 atom stereocenters. The molecule has 5 nitrogen and oxygen atoms in total. The first-order valence-electron chi connectivity index (χ1n) is 6.16. The van der Waals surface area contributed by atoms with Gasteiger partial charge in [0.1, 0.15) is 14.9 Å². The van der Waals surface area contributed by atoms with Crippen LogP contribution in [0.4, 0.5) is 0 Å². The predicted molar refractivity (Wildman–Crippen MR) is 88.7 cm³/mol. The van der Waals surface area contributed by atoms with Gasteiger partial charge in [0.2, 0.25) is 0 Å². The van der Waals surface area contributed by atoms with Crippen LogP contribution in [0.2, 0.25) is 0 Å². The predicted octanol–water partition coefficient (Wildman–Crippen LogP) is 2.09. The number of rotatable bonds is 2. The van der Waals surface area contributed by atoms with Gasteiger partial charge in [-0.2, -0.15) is 5.10 Å². The van der Waals surface area contributed by atoms with Crippen LogP contribution in [0.5, 0.6) is 5.75 Å². The van der Waals surface area contributed by atoms with Crippen LogP contribution in [0.1, 0.15) is 0 Å². The smallest absolute Gasteiger partial charge is 0.284 e. The third-order valence-corrected chi connectivity index (χ3v) is 4.51. The quantitative estimate of drug-likeness (QED) is 0.675. The van der Waals surface area contributed by atoms with Gasteiger partial charge in [0, 0.05) is 26.7 Å². The molecule has 0 unspecified atom stereocenters. The van der Waals surface area contributed by atoms with Crippen LogP contribution < -0.4 is 5.56 Å². The third-order valence-electron chi connectivity index (χ3n) is 2.78. The first-order valence-corrected chi connectivity index (χ1v) is 7.39. The van der Waals surface area contributed by atoms with E-state index in [1.54, 1.807) is 26.0 Å². The molecule has 0 saturated heterocycles. The number of thioether (sulfide) groups is 1. The number of aromatic hydroxyl groups is 1. The topological polar surface area (TPSA) is 58.4 Å². The molecule has 0 radical (unpaired) electrons. The number of hydrogen-bond donors (Lipinski definition) is 1. The maximum absolute atomic E-state index is 12.2. The summed E-state index contributed by atoms with van der Waals surface area (Å²) in [6.07, 6.45) is 0. The van der Waals surface area contributed by atoms with Crippen molar-refractivity contribution >= 4 is 28.3 Å². The van der Waals surface area contributed by atoms with Gasteiger partial charge in [0.05, 0.1) is 0 Å². The molecule has 2 rings (SSSR count). The molecule has 0 spiro atoms. The van der Waals surface area contributed by atoms with E-state index in [9.17, 15) is 9.90 Å². The summed E-state index contributed by atoms with van der Waals surface area (Å²) in [5.74, 6) is -0.140. The van der Waals surface area contributed by atoms with Crippen molar-refractivity contribution in [2.45, 2.75) is 4.90 Å². The molecule has 0 fully saturated rings. The zero-order chi connectivity index (χ0) is 15.6. The normalized spacial score (nSPS) is 10.4. The Morgan fingerprint density at radius 3 is 2.52 bits per heavy atom. The van der Waals surface area contributed by atoms with E-state index in [1.807, 2.05) is 30.3 Å². The number of nitrogens with zero attached hydrogens (tertiary/aromatic N) is 3. The lowest BCUT2D eigenvalue weighted by molar-refractivity contribution is 0.451. The summed E-state index contributed by atoms with van der Waals surface area (Å²) in [7, 11) is 5.13. The van der Waals surface area contributed by atoms with Gasteiger partial charge < -0.3 is 10.0 Å². The maximum atomic E-state index is 12.2. The van der Waals surface area contributed by atoms with E-state index in [1.165, 1.54) is 4.68 Å². The van der Waals surface area contributed by atoms with Crippen molar-refractivity contribution in [1.82, 2.24) is 14.7 Å². The second kappa shape index (κ2) is 6.28. The largest absolute Gasteiger partial charge is 0.504 e. The van der Waals surface area contributed by atoms with Crippen molar-refractivity contribution in [1.29, 1.82) is 0 Å². The highest BCUT2D eigenvalue weighted by Gasteiger charge is 2.19. The second-order valence-electron chi connectivity index (χ2n) is 4.58. The second-order valence-corrected chi connectivity index (χ2v) is 6.23. The minimum Gasteiger partial charge on any atom is -0.504 e. The van der Waals surface area contributed by atoms with Gasteiger partial charge in [-0.15, -0.1) is 0 Å². The number of aromatic nitrogens is 2. The van der Waals surface area contributed by atoms with Crippen molar-refractivity contribution in [2.24, 2.45) is 7.05 Å². The summed E-state index contributed by atoms with van der Waals surface area (Å²) in [6.45, 7) is 0. The standard InChI is InChI=1S/C14H15N3O2S2/c1-16(2)14(20)21-12-11(18)10(15-17(3)13(12)19)9-7-5-4-6-8-9/h4-8,18H,1-3H3. The van der Waals surface area contributed by atoms with E-state index in [0.717, 1.165) is 17.3 Å². The van der Waals surface area contributed by atoms with Gasteiger partial charge in [0.15, 0.2) is 5.75 Å². The highest BCUT2D eigenvalue weighted by molar-refractivity contribution is 8.23. The van der Waals surface area contributed by atoms with Crippen LogP contribution >= 0.6 is 24.0 Å². The average molecular weight is 321 g/mol. The Morgan fingerprint density at radius 1 is 1.33 bits per heavy atom. The third kappa shape index (κ3) is 3.25. The lowest BCUT2D eigenvalue weighted by Gasteiger charge is -2.14. The van der Waals surface area contributed by atoms with Crippen LogP contribution in [-0.4, -0.2) is 38.2 Å². The summed E-state index contributed by atoms with van der Waals surface area (Å²) in [5.41, 5.74) is 0.728. The Hall–Kier alpha value is -1.86. The highest BCUT2D eigenvalue weighted by atomic mass is 32.2. The molecule has 0 saturated carbocycles. The maximum Gasteiger partial charge on any atom is 0.284 e. The van der Waals surface area contributed by atoms with E-state index >= 15 is 0 Å². The van der Waals surface area contributed by atoms with E-state index < -0.39 is 0 Å². The SMILES string of the molecule is CN(C)C(=S)Sc1c(O)c(-c2ccccc2)nn(C)c1=O. The van der Waals surface area contributed by atoms with E-state index in [0.29, 0.717) is 10.0 Å². The molecule has 0 aliphatic heterocycles. The lowest BCUT2D eigenvalue weighted by Crippen LogP contribution is -2.24. The monoisotopic (exact) mass is 321 g/mol. The van der Waals surface area contributed by atoms with Gasteiger partial charge in [-0.25, -0.2) is 4.68 Å². The van der Waals surface area contributed by atoms with Crippen molar-refractivity contribution in [2.75, 3.05) is 14.1 Å².